The van der Waals surface area contributed by atoms with Gasteiger partial charge in [-0.1, -0.05) is 11.6 Å². The predicted molar refractivity (Wildman–Crippen MR) is 36.5 cm³/mol. The lowest BCUT2D eigenvalue weighted by Crippen LogP contribution is -2.10. The van der Waals surface area contributed by atoms with Crippen molar-refractivity contribution in [3.05, 3.63) is 16.9 Å². The van der Waals surface area contributed by atoms with Gasteiger partial charge in [0.2, 0.25) is 0 Å². The van der Waals surface area contributed by atoms with E-state index in [1.165, 1.54) is 0 Å². The van der Waals surface area contributed by atoms with E-state index in [9.17, 15) is 13.2 Å². The van der Waals surface area contributed by atoms with E-state index in [1.54, 1.807) is 0 Å². The van der Waals surface area contributed by atoms with Crippen LogP contribution in [0.3, 0.4) is 0 Å². The molecule has 0 bridgehead atoms. The molecule has 7 heteroatoms. The van der Waals surface area contributed by atoms with E-state index in [0.717, 1.165) is 0 Å². The van der Waals surface area contributed by atoms with E-state index in [0.29, 0.717) is 6.07 Å². The van der Waals surface area contributed by atoms with E-state index in [2.05, 4.69) is 10.2 Å². The molecule has 0 spiro atoms. The molecule has 0 aliphatic heterocycles. The molecule has 0 aliphatic rings. The zero-order valence-electron chi connectivity index (χ0n) is 5.56. The van der Waals surface area contributed by atoms with E-state index >= 15 is 0 Å². The van der Waals surface area contributed by atoms with Crippen molar-refractivity contribution in [3.8, 4) is 0 Å². The standard InChI is InChI=1S/C5H3ClF3N3/c6-4-2(10)1-3(11-12-4)5(7,8)9/h1H,(H2,10,11). The highest BCUT2D eigenvalue weighted by molar-refractivity contribution is 6.31. The number of nitrogens with zero attached hydrogens (tertiary/aromatic N) is 2. The first-order valence-electron chi connectivity index (χ1n) is 2.77. The van der Waals surface area contributed by atoms with Gasteiger partial charge in [-0.3, -0.25) is 0 Å². The van der Waals surface area contributed by atoms with Gasteiger partial charge in [-0.05, 0) is 6.07 Å². The first kappa shape index (κ1) is 9.05. The molecule has 0 radical (unpaired) electrons. The minimum Gasteiger partial charge on any atom is -0.396 e. The Morgan fingerprint density at radius 2 is 1.92 bits per heavy atom. The first-order chi connectivity index (χ1) is 5.41. The van der Waals surface area contributed by atoms with Gasteiger partial charge in [0, 0.05) is 0 Å². The SMILES string of the molecule is Nc1cc(C(F)(F)F)nnc1Cl. The lowest BCUT2D eigenvalue weighted by molar-refractivity contribution is -0.141. The number of rotatable bonds is 0. The van der Waals surface area contributed by atoms with E-state index in [-0.39, 0.29) is 10.8 Å². The average Bonchev–Trinajstić information content (AvgIpc) is 1.92. The van der Waals surface area contributed by atoms with Crippen LogP contribution >= 0.6 is 11.6 Å². The van der Waals surface area contributed by atoms with Crippen LogP contribution in [0.1, 0.15) is 5.69 Å². The van der Waals surface area contributed by atoms with Crippen molar-refractivity contribution in [2.75, 3.05) is 5.73 Å². The molecule has 12 heavy (non-hydrogen) atoms. The summed E-state index contributed by atoms with van der Waals surface area (Å²) in [5.74, 6) is 0. The maximum absolute atomic E-state index is 11.9. The molecule has 1 heterocycles. The second-order valence-corrected chi connectivity index (χ2v) is 2.33. The number of alkyl halides is 3. The Kier molecular flexibility index (Phi) is 2.10. The van der Waals surface area contributed by atoms with Gasteiger partial charge in [0.05, 0.1) is 5.69 Å². The molecule has 0 unspecified atom stereocenters. The summed E-state index contributed by atoms with van der Waals surface area (Å²) in [6.07, 6.45) is -4.54. The van der Waals surface area contributed by atoms with Crippen LogP contribution in [-0.4, -0.2) is 10.2 Å². The van der Waals surface area contributed by atoms with Crippen molar-refractivity contribution in [1.29, 1.82) is 0 Å². The van der Waals surface area contributed by atoms with E-state index < -0.39 is 11.9 Å². The number of nitrogen functional groups attached to an aromatic ring is 1. The van der Waals surface area contributed by atoms with Crippen molar-refractivity contribution in [1.82, 2.24) is 10.2 Å². The molecule has 0 saturated carbocycles. The highest BCUT2D eigenvalue weighted by Crippen LogP contribution is 2.29. The monoisotopic (exact) mass is 197 g/mol. The average molecular weight is 198 g/mol. The lowest BCUT2D eigenvalue weighted by Gasteiger charge is -2.04. The summed E-state index contributed by atoms with van der Waals surface area (Å²) in [6.45, 7) is 0. The Labute approximate surface area is 70.3 Å². The van der Waals surface area contributed by atoms with Crippen molar-refractivity contribution in [3.63, 3.8) is 0 Å². The van der Waals surface area contributed by atoms with Gasteiger partial charge in [-0.25, -0.2) is 0 Å². The summed E-state index contributed by atoms with van der Waals surface area (Å²) in [4.78, 5) is 0. The molecular weight excluding hydrogens is 195 g/mol. The van der Waals surface area contributed by atoms with Crippen LogP contribution < -0.4 is 5.73 Å². The number of hydrogen-bond donors (Lipinski definition) is 1. The van der Waals surface area contributed by atoms with Crippen LogP contribution in [-0.2, 0) is 6.18 Å². The largest absolute Gasteiger partial charge is 0.435 e. The Balaban J connectivity index is 3.14. The minimum atomic E-state index is -4.54. The topological polar surface area (TPSA) is 51.8 Å². The number of hydrogen-bond acceptors (Lipinski definition) is 3. The van der Waals surface area contributed by atoms with Gasteiger partial charge < -0.3 is 5.73 Å². The molecule has 0 atom stereocenters. The maximum Gasteiger partial charge on any atom is 0.435 e. The predicted octanol–water partition coefficient (Wildman–Crippen LogP) is 1.73. The summed E-state index contributed by atoms with van der Waals surface area (Å²) in [5.41, 5.74) is 3.70. The van der Waals surface area contributed by atoms with Gasteiger partial charge >= 0.3 is 6.18 Å². The third kappa shape index (κ3) is 1.76. The zero-order valence-corrected chi connectivity index (χ0v) is 6.32. The molecule has 66 valence electrons. The molecule has 0 fully saturated rings. The van der Waals surface area contributed by atoms with Gasteiger partial charge in [-0.15, -0.1) is 10.2 Å². The smallest absolute Gasteiger partial charge is 0.396 e. The van der Waals surface area contributed by atoms with Crippen LogP contribution in [0.2, 0.25) is 5.15 Å². The lowest BCUT2D eigenvalue weighted by atomic mass is 10.3. The fraction of sp³-hybridized carbons (Fsp3) is 0.200. The van der Waals surface area contributed by atoms with Gasteiger partial charge in [0.15, 0.2) is 10.8 Å². The molecule has 3 nitrogen and oxygen atoms in total. The molecular formula is C5H3ClF3N3. The van der Waals surface area contributed by atoms with Crippen LogP contribution in [0.15, 0.2) is 6.07 Å². The highest BCUT2D eigenvalue weighted by Gasteiger charge is 2.33. The fourth-order valence-electron chi connectivity index (χ4n) is 0.530. The molecule has 0 aromatic carbocycles. The van der Waals surface area contributed by atoms with Gasteiger partial charge in [-0.2, -0.15) is 13.2 Å². The van der Waals surface area contributed by atoms with Crippen molar-refractivity contribution < 1.29 is 13.2 Å². The Bertz CT molecular complexity index is 298. The second kappa shape index (κ2) is 2.78. The van der Waals surface area contributed by atoms with Crippen LogP contribution in [0.4, 0.5) is 18.9 Å². The number of aromatic nitrogens is 2. The summed E-state index contributed by atoms with van der Waals surface area (Å²) >= 11 is 5.26. The molecule has 0 saturated heterocycles. The van der Waals surface area contributed by atoms with Crippen molar-refractivity contribution >= 4 is 17.3 Å². The highest BCUT2D eigenvalue weighted by atomic mass is 35.5. The number of anilines is 1. The summed E-state index contributed by atoms with van der Waals surface area (Å²) in [5, 5.41) is 5.61. The Hall–Kier alpha value is -1.04. The van der Waals surface area contributed by atoms with E-state index in [4.69, 9.17) is 17.3 Å². The van der Waals surface area contributed by atoms with Crippen LogP contribution in [0, 0.1) is 0 Å². The van der Waals surface area contributed by atoms with Crippen LogP contribution in [0.25, 0.3) is 0 Å². The quantitative estimate of drug-likeness (QED) is 0.689. The molecule has 2 N–H and O–H groups in total. The Morgan fingerprint density at radius 3 is 2.33 bits per heavy atom. The molecule has 1 aromatic heterocycles. The van der Waals surface area contributed by atoms with Gasteiger partial charge in [0.25, 0.3) is 0 Å². The summed E-state index contributed by atoms with van der Waals surface area (Å²) < 4.78 is 35.7. The molecule has 1 aromatic rings. The third-order valence-electron chi connectivity index (χ3n) is 1.07. The van der Waals surface area contributed by atoms with E-state index in [1.807, 2.05) is 0 Å². The zero-order chi connectivity index (χ0) is 9.35. The second-order valence-electron chi connectivity index (χ2n) is 1.97. The third-order valence-corrected chi connectivity index (χ3v) is 1.36. The Morgan fingerprint density at radius 1 is 1.33 bits per heavy atom. The number of halogens is 4. The molecule has 0 amide bonds. The molecule has 1 rings (SSSR count). The van der Waals surface area contributed by atoms with Gasteiger partial charge in [0.1, 0.15) is 0 Å². The van der Waals surface area contributed by atoms with Crippen LogP contribution in [0.5, 0.6) is 0 Å². The normalized spacial score (nSPS) is 11.7. The summed E-state index contributed by atoms with van der Waals surface area (Å²) in [7, 11) is 0. The van der Waals surface area contributed by atoms with Crippen molar-refractivity contribution in [2.24, 2.45) is 0 Å². The number of nitrogens with two attached hydrogens (primary N) is 1. The fourth-order valence-corrected chi connectivity index (χ4v) is 0.622. The maximum atomic E-state index is 11.9. The summed E-state index contributed by atoms with van der Waals surface area (Å²) in [6, 6.07) is 0.634. The van der Waals surface area contributed by atoms with Crippen molar-refractivity contribution in [2.45, 2.75) is 6.18 Å². The molecule has 0 aliphatic carbocycles. The minimum absolute atomic E-state index is 0.233. The first-order valence-corrected chi connectivity index (χ1v) is 3.15.